The SMILES string of the molecule is CCOC(=O)c1csc(NC(=O)CCc2c(C)nc3ccccn23)c1C(=O)OCC. The number of esters is 2. The zero-order valence-electron chi connectivity index (χ0n) is 17.1. The minimum atomic E-state index is -0.672. The number of pyridine rings is 1. The average molecular weight is 429 g/mol. The fourth-order valence-electron chi connectivity index (χ4n) is 3.10. The summed E-state index contributed by atoms with van der Waals surface area (Å²) in [5.41, 5.74) is 2.76. The highest BCUT2D eigenvalue weighted by Crippen LogP contribution is 2.30. The molecule has 158 valence electrons. The zero-order valence-corrected chi connectivity index (χ0v) is 17.9. The molecular weight excluding hydrogens is 406 g/mol. The number of aromatic nitrogens is 2. The molecule has 0 radical (unpaired) electrons. The van der Waals surface area contributed by atoms with E-state index in [1.54, 1.807) is 13.8 Å². The van der Waals surface area contributed by atoms with E-state index in [1.807, 2.05) is 35.7 Å². The molecule has 3 heterocycles. The topological polar surface area (TPSA) is 99.0 Å². The predicted octanol–water partition coefficient (Wildman–Crippen LogP) is 3.63. The highest BCUT2D eigenvalue weighted by molar-refractivity contribution is 7.15. The smallest absolute Gasteiger partial charge is 0.342 e. The van der Waals surface area contributed by atoms with Gasteiger partial charge in [-0.2, -0.15) is 0 Å². The molecule has 8 nitrogen and oxygen atoms in total. The Balaban J connectivity index is 1.76. The van der Waals surface area contributed by atoms with Crippen LogP contribution in [0.25, 0.3) is 5.65 Å². The number of fused-ring (bicyclic) bond motifs is 1. The number of anilines is 1. The Bertz CT molecular complexity index is 1090. The molecule has 0 unspecified atom stereocenters. The Morgan fingerprint density at radius 2 is 1.87 bits per heavy atom. The molecule has 3 aromatic heterocycles. The first-order valence-corrected chi connectivity index (χ1v) is 10.5. The molecule has 3 aromatic rings. The number of carbonyl (C=O) groups is 3. The zero-order chi connectivity index (χ0) is 21.7. The maximum Gasteiger partial charge on any atom is 0.342 e. The molecular formula is C21H23N3O5S. The van der Waals surface area contributed by atoms with Crippen LogP contribution in [-0.4, -0.2) is 40.4 Å². The molecule has 30 heavy (non-hydrogen) atoms. The van der Waals surface area contributed by atoms with Crippen LogP contribution in [0.4, 0.5) is 5.00 Å². The van der Waals surface area contributed by atoms with E-state index in [9.17, 15) is 14.4 Å². The van der Waals surface area contributed by atoms with E-state index in [1.165, 1.54) is 5.38 Å². The van der Waals surface area contributed by atoms with Gasteiger partial charge in [0.2, 0.25) is 5.91 Å². The molecule has 0 bridgehead atoms. The Labute approximate surface area is 177 Å². The number of thiophene rings is 1. The van der Waals surface area contributed by atoms with Gasteiger partial charge in [-0.25, -0.2) is 14.6 Å². The van der Waals surface area contributed by atoms with E-state index in [0.29, 0.717) is 6.42 Å². The lowest BCUT2D eigenvalue weighted by atomic mass is 10.1. The number of nitrogens with zero attached hydrogens (tertiary/aromatic N) is 2. The largest absolute Gasteiger partial charge is 0.462 e. The number of carbonyl (C=O) groups excluding carboxylic acids is 3. The summed E-state index contributed by atoms with van der Waals surface area (Å²) in [4.78, 5) is 41.6. The number of hydrogen-bond donors (Lipinski definition) is 1. The molecule has 0 atom stereocenters. The average Bonchev–Trinajstić information content (AvgIpc) is 3.27. The van der Waals surface area contributed by atoms with Crippen LogP contribution < -0.4 is 5.32 Å². The lowest BCUT2D eigenvalue weighted by molar-refractivity contribution is -0.116. The lowest BCUT2D eigenvalue weighted by Crippen LogP contribution is -2.17. The number of amides is 1. The van der Waals surface area contributed by atoms with Gasteiger partial charge in [-0.1, -0.05) is 6.07 Å². The van der Waals surface area contributed by atoms with Crippen LogP contribution >= 0.6 is 11.3 Å². The summed E-state index contributed by atoms with van der Waals surface area (Å²) in [6.07, 6.45) is 2.58. The summed E-state index contributed by atoms with van der Waals surface area (Å²) >= 11 is 1.09. The van der Waals surface area contributed by atoms with Crippen molar-refractivity contribution in [3.05, 3.63) is 52.3 Å². The van der Waals surface area contributed by atoms with Gasteiger partial charge in [0, 0.05) is 23.7 Å². The van der Waals surface area contributed by atoms with Gasteiger partial charge < -0.3 is 19.2 Å². The fraction of sp³-hybridized carbons (Fsp3) is 0.333. The second-order valence-corrected chi connectivity index (χ2v) is 7.30. The van der Waals surface area contributed by atoms with Crippen LogP contribution in [0, 0.1) is 6.92 Å². The van der Waals surface area contributed by atoms with Gasteiger partial charge in [0.05, 0.1) is 24.5 Å². The van der Waals surface area contributed by atoms with Crippen molar-refractivity contribution in [2.24, 2.45) is 0 Å². The van der Waals surface area contributed by atoms with Gasteiger partial charge in [-0.15, -0.1) is 11.3 Å². The van der Waals surface area contributed by atoms with E-state index in [0.717, 1.165) is 28.4 Å². The first-order chi connectivity index (χ1) is 14.5. The van der Waals surface area contributed by atoms with Crippen molar-refractivity contribution in [3.8, 4) is 0 Å². The summed E-state index contributed by atoms with van der Waals surface area (Å²) in [6.45, 7) is 5.59. The van der Waals surface area contributed by atoms with Crippen molar-refractivity contribution in [1.29, 1.82) is 0 Å². The first kappa shape index (κ1) is 21.5. The van der Waals surface area contributed by atoms with Crippen molar-refractivity contribution < 1.29 is 23.9 Å². The van der Waals surface area contributed by atoms with Crippen LogP contribution in [0.2, 0.25) is 0 Å². The third-order valence-corrected chi connectivity index (χ3v) is 5.33. The van der Waals surface area contributed by atoms with Crippen molar-refractivity contribution in [2.45, 2.75) is 33.6 Å². The van der Waals surface area contributed by atoms with E-state index in [4.69, 9.17) is 9.47 Å². The van der Waals surface area contributed by atoms with E-state index in [2.05, 4.69) is 10.3 Å². The summed E-state index contributed by atoms with van der Waals surface area (Å²) in [6, 6.07) is 5.73. The maximum atomic E-state index is 12.6. The summed E-state index contributed by atoms with van der Waals surface area (Å²) in [7, 11) is 0. The fourth-order valence-corrected chi connectivity index (χ4v) is 4.04. The van der Waals surface area contributed by atoms with Crippen molar-refractivity contribution >= 4 is 39.8 Å². The summed E-state index contributed by atoms with van der Waals surface area (Å²) in [5, 5.41) is 4.51. The number of nitrogens with one attached hydrogen (secondary N) is 1. The van der Waals surface area contributed by atoms with Gasteiger partial charge in [0.15, 0.2) is 0 Å². The number of rotatable bonds is 8. The van der Waals surface area contributed by atoms with Gasteiger partial charge >= 0.3 is 11.9 Å². The van der Waals surface area contributed by atoms with Gasteiger partial charge in [-0.3, -0.25) is 4.79 Å². The number of ether oxygens (including phenoxy) is 2. The molecule has 0 aliphatic rings. The van der Waals surface area contributed by atoms with Gasteiger partial charge in [0.1, 0.15) is 16.2 Å². The molecule has 1 amide bonds. The highest BCUT2D eigenvalue weighted by Gasteiger charge is 2.26. The molecule has 3 rings (SSSR count). The van der Waals surface area contributed by atoms with Crippen molar-refractivity contribution in [2.75, 3.05) is 18.5 Å². The van der Waals surface area contributed by atoms with Crippen LogP contribution in [0.1, 0.15) is 52.4 Å². The molecule has 0 saturated heterocycles. The summed E-state index contributed by atoms with van der Waals surface area (Å²) in [5.74, 6) is -1.57. The molecule has 0 aromatic carbocycles. The number of aryl methyl sites for hydroxylation is 2. The van der Waals surface area contributed by atoms with Gasteiger partial charge in [-0.05, 0) is 39.3 Å². The maximum absolute atomic E-state index is 12.6. The molecule has 1 N–H and O–H groups in total. The summed E-state index contributed by atoms with van der Waals surface area (Å²) < 4.78 is 12.0. The quantitative estimate of drug-likeness (QED) is 0.549. The second kappa shape index (κ2) is 9.53. The van der Waals surface area contributed by atoms with Crippen molar-refractivity contribution in [1.82, 2.24) is 9.38 Å². The normalized spacial score (nSPS) is 10.8. The molecule has 9 heteroatoms. The third kappa shape index (κ3) is 4.51. The van der Waals surface area contributed by atoms with E-state index >= 15 is 0 Å². The van der Waals surface area contributed by atoms with Crippen LogP contribution in [0.3, 0.4) is 0 Å². The standard InChI is InChI=1S/C21H23N3O5S/c1-4-28-20(26)14-12-30-19(18(14)21(27)29-5-2)23-17(25)10-9-15-13(3)22-16-8-6-7-11-24(15)16/h6-8,11-12H,4-5,9-10H2,1-3H3,(H,23,25). The molecule has 0 spiro atoms. The third-order valence-electron chi connectivity index (χ3n) is 4.44. The Hall–Kier alpha value is -3.20. The molecule has 0 aliphatic heterocycles. The molecule has 0 saturated carbocycles. The lowest BCUT2D eigenvalue weighted by Gasteiger charge is -2.08. The van der Waals surface area contributed by atoms with Crippen LogP contribution in [-0.2, 0) is 20.7 Å². The Kier molecular flexibility index (Phi) is 6.83. The monoisotopic (exact) mass is 429 g/mol. The molecule has 0 aliphatic carbocycles. The first-order valence-electron chi connectivity index (χ1n) is 9.64. The second-order valence-electron chi connectivity index (χ2n) is 6.42. The van der Waals surface area contributed by atoms with Crippen LogP contribution in [0.5, 0.6) is 0 Å². The molecule has 0 fully saturated rings. The highest BCUT2D eigenvalue weighted by atomic mass is 32.1. The Morgan fingerprint density at radius 1 is 1.13 bits per heavy atom. The minimum Gasteiger partial charge on any atom is -0.462 e. The van der Waals surface area contributed by atoms with Crippen LogP contribution in [0.15, 0.2) is 29.8 Å². The van der Waals surface area contributed by atoms with E-state index < -0.39 is 11.9 Å². The Morgan fingerprint density at radius 3 is 2.60 bits per heavy atom. The van der Waals surface area contributed by atoms with E-state index in [-0.39, 0.29) is 41.7 Å². The van der Waals surface area contributed by atoms with Gasteiger partial charge in [0.25, 0.3) is 0 Å². The number of hydrogen-bond acceptors (Lipinski definition) is 7. The predicted molar refractivity (Wildman–Crippen MR) is 113 cm³/mol. The minimum absolute atomic E-state index is 0.0274. The number of imidazole rings is 1. The van der Waals surface area contributed by atoms with Crippen molar-refractivity contribution in [3.63, 3.8) is 0 Å².